The van der Waals surface area contributed by atoms with Crippen molar-refractivity contribution in [1.29, 1.82) is 0 Å². The van der Waals surface area contributed by atoms with Crippen LogP contribution in [-0.2, 0) is 0 Å². The minimum atomic E-state index is -0.891. The number of hydrogen-bond donors (Lipinski definition) is 3. The molecule has 0 radical (unpaired) electrons. The number of likely N-dealkylation sites (tertiary alicyclic amines) is 1. The number of aromatic carboxylic acids is 1. The van der Waals surface area contributed by atoms with Crippen LogP contribution in [0.25, 0.3) is 0 Å². The third-order valence-electron chi connectivity index (χ3n) is 6.49. The SMILES string of the molecule is C1CCNC1.CC1(NC(=O)N2CCC(n3ncc(C(=O)O)c3C3CC3)CC2)CC1. The lowest BCUT2D eigenvalue weighted by Crippen LogP contribution is -2.48. The molecule has 8 nitrogen and oxygen atoms in total. The Hall–Kier alpha value is -2.09. The van der Waals surface area contributed by atoms with Gasteiger partial charge in [-0.2, -0.15) is 5.10 Å². The number of carboxylic acids is 1. The van der Waals surface area contributed by atoms with Crippen LogP contribution >= 0.6 is 0 Å². The molecule has 1 aromatic heterocycles. The molecule has 4 aliphatic rings. The summed E-state index contributed by atoms with van der Waals surface area (Å²) in [5, 5.41) is 20.1. The Morgan fingerprint density at radius 3 is 2.31 bits per heavy atom. The van der Waals surface area contributed by atoms with Gasteiger partial charge >= 0.3 is 12.0 Å². The molecule has 0 atom stereocenters. The van der Waals surface area contributed by atoms with E-state index < -0.39 is 5.97 Å². The quantitative estimate of drug-likeness (QED) is 0.718. The summed E-state index contributed by atoms with van der Waals surface area (Å²) in [5.41, 5.74) is 1.24. The van der Waals surface area contributed by atoms with E-state index in [1.165, 1.54) is 32.1 Å². The van der Waals surface area contributed by atoms with Crippen LogP contribution in [-0.4, -0.2) is 63.5 Å². The number of carbonyl (C=O) groups excluding carboxylic acids is 1. The number of piperidine rings is 1. The number of nitrogens with one attached hydrogen (secondary N) is 2. The predicted molar refractivity (Wildman–Crippen MR) is 109 cm³/mol. The fraction of sp³-hybridized carbons (Fsp3) is 0.762. The highest BCUT2D eigenvalue weighted by Gasteiger charge is 2.40. The van der Waals surface area contributed by atoms with Crippen LogP contribution in [0.5, 0.6) is 0 Å². The Kier molecular flexibility index (Phi) is 5.81. The lowest BCUT2D eigenvalue weighted by atomic mass is 10.0. The maximum absolute atomic E-state index is 12.3. The summed E-state index contributed by atoms with van der Waals surface area (Å²) in [6, 6.07) is 0.219. The van der Waals surface area contributed by atoms with Gasteiger partial charge in [-0.15, -0.1) is 0 Å². The second-order valence-electron chi connectivity index (χ2n) is 9.13. The van der Waals surface area contributed by atoms with Gasteiger partial charge in [-0.25, -0.2) is 9.59 Å². The summed E-state index contributed by atoms with van der Waals surface area (Å²) >= 11 is 0. The van der Waals surface area contributed by atoms with Crippen molar-refractivity contribution in [1.82, 2.24) is 25.3 Å². The molecule has 29 heavy (non-hydrogen) atoms. The summed E-state index contributed by atoms with van der Waals surface area (Å²) in [5.74, 6) is -0.549. The molecule has 0 spiro atoms. The molecular weight excluding hydrogens is 370 g/mol. The molecule has 2 amide bonds. The summed E-state index contributed by atoms with van der Waals surface area (Å²) in [7, 11) is 0. The maximum atomic E-state index is 12.3. The van der Waals surface area contributed by atoms with E-state index in [1.54, 1.807) is 0 Å². The average molecular weight is 404 g/mol. The van der Waals surface area contributed by atoms with Gasteiger partial charge in [-0.3, -0.25) is 4.68 Å². The van der Waals surface area contributed by atoms with E-state index in [2.05, 4.69) is 22.7 Å². The minimum Gasteiger partial charge on any atom is -0.478 e. The van der Waals surface area contributed by atoms with Crippen LogP contribution in [0.1, 0.15) is 86.3 Å². The average Bonchev–Trinajstić information content (AvgIpc) is 3.54. The summed E-state index contributed by atoms with van der Waals surface area (Å²) in [6.07, 6.45) is 10.1. The highest BCUT2D eigenvalue weighted by Crippen LogP contribution is 2.43. The molecule has 3 N–H and O–H groups in total. The largest absolute Gasteiger partial charge is 0.478 e. The molecule has 2 aliphatic heterocycles. The molecule has 0 bridgehead atoms. The molecule has 8 heteroatoms. The van der Waals surface area contributed by atoms with Crippen molar-refractivity contribution in [3.05, 3.63) is 17.5 Å². The fourth-order valence-electron chi connectivity index (χ4n) is 4.18. The van der Waals surface area contributed by atoms with Gasteiger partial charge in [0.2, 0.25) is 0 Å². The first-order valence-electron chi connectivity index (χ1n) is 11.1. The van der Waals surface area contributed by atoms with Crippen LogP contribution < -0.4 is 10.6 Å². The molecule has 5 rings (SSSR count). The number of nitrogens with zero attached hydrogens (tertiary/aromatic N) is 3. The predicted octanol–water partition coefficient (Wildman–Crippen LogP) is 2.73. The molecule has 2 saturated heterocycles. The smallest absolute Gasteiger partial charge is 0.339 e. The number of carboxylic acid groups (broad SMARTS) is 1. The molecule has 160 valence electrons. The molecule has 1 aromatic rings. The molecule has 3 heterocycles. The number of hydrogen-bond acceptors (Lipinski definition) is 4. The van der Waals surface area contributed by atoms with Gasteiger partial charge in [-0.05, 0) is 71.4 Å². The van der Waals surface area contributed by atoms with Gasteiger partial charge in [0.25, 0.3) is 0 Å². The summed E-state index contributed by atoms with van der Waals surface area (Å²) in [6.45, 7) is 5.97. The van der Waals surface area contributed by atoms with Crippen molar-refractivity contribution < 1.29 is 14.7 Å². The van der Waals surface area contributed by atoms with Crippen LogP contribution in [0, 0.1) is 0 Å². The van der Waals surface area contributed by atoms with Gasteiger partial charge in [0.1, 0.15) is 5.56 Å². The fourth-order valence-corrected chi connectivity index (χ4v) is 4.18. The van der Waals surface area contributed by atoms with E-state index in [0.29, 0.717) is 24.6 Å². The normalized spacial score (nSPS) is 23.3. The van der Waals surface area contributed by atoms with Crippen molar-refractivity contribution >= 4 is 12.0 Å². The van der Waals surface area contributed by atoms with E-state index in [9.17, 15) is 14.7 Å². The first kappa shape index (κ1) is 20.2. The van der Waals surface area contributed by atoms with Crippen molar-refractivity contribution in [2.24, 2.45) is 0 Å². The minimum absolute atomic E-state index is 0.00540. The van der Waals surface area contributed by atoms with Gasteiger partial charge < -0.3 is 20.6 Å². The molecular formula is C21H33N5O3. The number of aromatic nitrogens is 2. The van der Waals surface area contributed by atoms with E-state index in [-0.39, 0.29) is 17.6 Å². The van der Waals surface area contributed by atoms with Gasteiger partial charge in [0, 0.05) is 24.5 Å². The first-order chi connectivity index (χ1) is 14.0. The van der Waals surface area contributed by atoms with E-state index in [4.69, 9.17) is 0 Å². The van der Waals surface area contributed by atoms with E-state index in [0.717, 1.165) is 44.2 Å². The van der Waals surface area contributed by atoms with Crippen molar-refractivity contribution in [3.8, 4) is 0 Å². The van der Waals surface area contributed by atoms with Crippen molar-refractivity contribution in [2.75, 3.05) is 26.2 Å². The highest BCUT2D eigenvalue weighted by molar-refractivity contribution is 5.89. The number of rotatable bonds is 4. The number of urea groups is 1. The van der Waals surface area contributed by atoms with Crippen LogP contribution in [0.15, 0.2) is 6.20 Å². The second kappa shape index (κ2) is 8.34. The van der Waals surface area contributed by atoms with Gasteiger partial charge in [-0.1, -0.05) is 0 Å². The molecule has 2 aliphatic carbocycles. The number of amides is 2. The van der Waals surface area contributed by atoms with Crippen LogP contribution in [0.4, 0.5) is 4.79 Å². The lowest BCUT2D eigenvalue weighted by Gasteiger charge is -2.33. The first-order valence-corrected chi connectivity index (χ1v) is 11.1. The Balaban J connectivity index is 0.000000359. The van der Waals surface area contributed by atoms with Crippen LogP contribution in [0.2, 0.25) is 0 Å². The van der Waals surface area contributed by atoms with E-state index >= 15 is 0 Å². The standard InChI is InChI=1S/C17H24N4O3.C4H9N/c1-17(6-7-17)19-16(24)20-8-4-12(5-9-20)21-14(11-2-3-11)13(10-18-21)15(22)23;1-2-4-5-3-1/h10-12H,2-9H2,1H3,(H,19,24)(H,22,23);5H,1-4H2. The van der Waals surface area contributed by atoms with E-state index in [1.807, 2.05) is 9.58 Å². The zero-order valence-corrected chi connectivity index (χ0v) is 17.3. The zero-order valence-electron chi connectivity index (χ0n) is 17.3. The Morgan fingerprint density at radius 2 is 1.83 bits per heavy atom. The van der Waals surface area contributed by atoms with Gasteiger partial charge in [0.15, 0.2) is 0 Å². The highest BCUT2D eigenvalue weighted by atomic mass is 16.4. The second-order valence-corrected chi connectivity index (χ2v) is 9.13. The van der Waals surface area contributed by atoms with Crippen LogP contribution in [0.3, 0.4) is 0 Å². The Morgan fingerprint density at radius 1 is 1.17 bits per heavy atom. The molecule has 4 fully saturated rings. The van der Waals surface area contributed by atoms with Crippen molar-refractivity contribution in [2.45, 2.75) is 75.8 Å². The van der Waals surface area contributed by atoms with Gasteiger partial charge in [0.05, 0.1) is 17.9 Å². The zero-order chi connectivity index (χ0) is 20.4. The third-order valence-corrected chi connectivity index (χ3v) is 6.49. The third kappa shape index (κ3) is 4.91. The van der Waals surface area contributed by atoms with Crippen molar-refractivity contribution in [3.63, 3.8) is 0 Å². The summed E-state index contributed by atoms with van der Waals surface area (Å²) in [4.78, 5) is 25.6. The maximum Gasteiger partial charge on any atom is 0.339 e. The number of carbonyl (C=O) groups is 2. The monoisotopic (exact) mass is 403 g/mol. The molecule has 2 saturated carbocycles. The summed E-state index contributed by atoms with van der Waals surface area (Å²) < 4.78 is 1.93. The molecule has 0 unspecified atom stereocenters. The molecule has 0 aromatic carbocycles. The topological polar surface area (TPSA) is 99.5 Å². The lowest BCUT2D eigenvalue weighted by molar-refractivity contribution is 0.0695. The Bertz CT molecular complexity index is 734. The Labute approximate surface area is 172 Å².